The number of nitrogens with one attached hydrogen (secondary N) is 1. The number of nitrogens with two attached hydrogens (primary N) is 1. The number of halogens is 2. The van der Waals surface area contributed by atoms with Crippen LogP contribution in [0.2, 0.25) is 5.02 Å². The van der Waals surface area contributed by atoms with E-state index < -0.39 is 0 Å². The van der Waals surface area contributed by atoms with Crippen molar-refractivity contribution in [3.8, 4) is 11.6 Å². The van der Waals surface area contributed by atoms with Gasteiger partial charge in [0.15, 0.2) is 0 Å². The molecule has 19 heavy (non-hydrogen) atoms. The Morgan fingerprint density at radius 1 is 1.32 bits per heavy atom. The summed E-state index contributed by atoms with van der Waals surface area (Å²) in [7, 11) is 0. The summed E-state index contributed by atoms with van der Waals surface area (Å²) in [5.41, 5.74) is 4.48. The molecule has 0 aliphatic rings. The van der Waals surface area contributed by atoms with Crippen LogP contribution in [-0.2, 0) is 0 Å². The van der Waals surface area contributed by atoms with E-state index in [-0.39, 0.29) is 11.8 Å². The second kappa shape index (κ2) is 5.73. The minimum absolute atomic E-state index is 0.241. The van der Waals surface area contributed by atoms with Gasteiger partial charge in [-0.05, 0) is 37.1 Å². The lowest BCUT2D eigenvalue weighted by molar-refractivity contribution is 0.461. The largest absolute Gasteiger partial charge is 0.437 e. The minimum Gasteiger partial charge on any atom is -0.437 e. The van der Waals surface area contributed by atoms with E-state index in [1.807, 2.05) is 26.0 Å². The molecule has 0 spiro atoms. The molecule has 0 aliphatic heterocycles. The lowest BCUT2D eigenvalue weighted by Crippen LogP contribution is -2.10. The normalized spacial score (nSPS) is 10.4. The summed E-state index contributed by atoms with van der Waals surface area (Å²) in [5.74, 6) is 6.40. The van der Waals surface area contributed by atoms with Crippen LogP contribution in [0.25, 0.3) is 0 Å². The molecule has 0 aliphatic carbocycles. The van der Waals surface area contributed by atoms with E-state index in [1.165, 1.54) is 6.20 Å². The number of nitrogen functional groups attached to an aromatic ring is 1. The summed E-state index contributed by atoms with van der Waals surface area (Å²) < 4.78 is 6.72. The van der Waals surface area contributed by atoms with Crippen LogP contribution < -0.4 is 16.0 Å². The smallest absolute Gasteiger partial charge is 0.243 e. The van der Waals surface area contributed by atoms with E-state index in [0.717, 1.165) is 15.6 Å². The molecule has 7 heteroatoms. The van der Waals surface area contributed by atoms with Gasteiger partial charge in [-0.1, -0.05) is 27.5 Å². The van der Waals surface area contributed by atoms with Crippen LogP contribution in [0.3, 0.4) is 0 Å². The van der Waals surface area contributed by atoms with Crippen molar-refractivity contribution >= 4 is 33.5 Å². The molecular formula is C12H12BrClN4O. The van der Waals surface area contributed by atoms with Crippen LogP contribution >= 0.6 is 27.5 Å². The maximum absolute atomic E-state index is 5.99. The molecule has 1 aromatic heterocycles. The Kier molecular flexibility index (Phi) is 4.24. The van der Waals surface area contributed by atoms with E-state index in [2.05, 4.69) is 31.3 Å². The zero-order chi connectivity index (χ0) is 14.0. The molecule has 0 saturated heterocycles. The Labute approximate surface area is 124 Å². The zero-order valence-corrected chi connectivity index (χ0v) is 12.7. The summed E-state index contributed by atoms with van der Waals surface area (Å²) in [6.45, 7) is 3.97. The first-order valence-corrected chi connectivity index (χ1v) is 6.62. The average molecular weight is 344 g/mol. The number of hydrogen-bond acceptors (Lipinski definition) is 5. The first-order chi connectivity index (χ1) is 9.01. The summed E-state index contributed by atoms with van der Waals surface area (Å²) in [5, 5.41) is 0.317. The van der Waals surface area contributed by atoms with Crippen molar-refractivity contribution < 1.29 is 4.74 Å². The number of benzene rings is 1. The summed E-state index contributed by atoms with van der Waals surface area (Å²) in [6.07, 6.45) is 1.43. The Balaban J connectivity index is 2.36. The molecular weight excluding hydrogens is 332 g/mol. The van der Waals surface area contributed by atoms with Crippen molar-refractivity contribution in [1.82, 2.24) is 9.97 Å². The molecule has 2 aromatic rings. The number of aryl methyl sites for hydroxylation is 2. The third-order valence-corrected chi connectivity index (χ3v) is 3.98. The lowest BCUT2D eigenvalue weighted by Gasteiger charge is -2.10. The summed E-state index contributed by atoms with van der Waals surface area (Å²) in [6, 6.07) is 3.79. The molecule has 0 fully saturated rings. The second-order valence-electron chi connectivity index (χ2n) is 3.96. The van der Waals surface area contributed by atoms with Gasteiger partial charge in [-0.3, -0.25) is 5.43 Å². The van der Waals surface area contributed by atoms with Crippen molar-refractivity contribution in [3.05, 3.63) is 39.0 Å². The van der Waals surface area contributed by atoms with Crippen LogP contribution in [0.5, 0.6) is 11.6 Å². The highest BCUT2D eigenvalue weighted by Crippen LogP contribution is 2.31. The molecule has 3 N–H and O–H groups in total. The number of rotatable bonds is 3. The van der Waals surface area contributed by atoms with Gasteiger partial charge in [-0.25, -0.2) is 10.8 Å². The highest BCUT2D eigenvalue weighted by Gasteiger charge is 2.09. The fraction of sp³-hybridized carbons (Fsp3) is 0.167. The third-order valence-electron chi connectivity index (χ3n) is 2.47. The predicted molar refractivity (Wildman–Crippen MR) is 78.5 cm³/mol. The van der Waals surface area contributed by atoms with Gasteiger partial charge < -0.3 is 4.74 Å². The van der Waals surface area contributed by atoms with Gasteiger partial charge in [0.25, 0.3) is 0 Å². The SMILES string of the molecule is Cc1cc(Oc2nc(NN)ncc2Cl)cc(C)c1Br. The molecule has 0 amide bonds. The van der Waals surface area contributed by atoms with Crippen LogP contribution in [0.15, 0.2) is 22.8 Å². The predicted octanol–water partition coefficient (Wildman–Crippen LogP) is 3.59. The van der Waals surface area contributed by atoms with E-state index in [1.54, 1.807) is 0 Å². The monoisotopic (exact) mass is 342 g/mol. The summed E-state index contributed by atoms with van der Waals surface area (Å²) in [4.78, 5) is 7.94. The van der Waals surface area contributed by atoms with Gasteiger partial charge in [-0.15, -0.1) is 0 Å². The Morgan fingerprint density at radius 3 is 2.53 bits per heavy atom. The van der Waals surface area contributed by atoms with E-state index >= 15 is 0 Å². The van der Waals surface area contributed by atoms with Crippen molar-refractivity contribution in [2.24, 2.45) is 5.84 Å². The Bertz CT molecular complexity index is 598. The molecule has 1 aromatic carbocycles. The van der Waals surface area contributed by atoms with Crippen molar-refractivity contribution in [3.63, 3.8) is 0 Å². The Hall–Kier alpha value is -1.37. The van der Waals surface area contributed by atoms with Gasteiger partial charge in [0.1, 0.15) is 10.8 Å². The maximum Gasteiger partial charge on any atom is 0.243 e. The van der Waals surface area contributed by atoms with Crippen molar-refractivity contribution in [2.75, 3.05) is 5.43 Å². The highest BCUT2D eigenvalue weighted by molar-refractivity contribution is 9.10. The van der Waals surface area contributed by atoms with Gasteiger partial charge >= 0.3 is 0 Å². The molecule has 2 rings (SSSR count). The molecule has 5 nitrogen and oxygen atoms in total. The first kappa shape index (κ1) is 14.0. The number of hydrogen-bond donors (Lipinski definition) is 2. The molecule has 1 heterocycles. The van der Waals surface area contributed by atoms with E-state index in [0.29, 0.717) is 10.8 Å². The number of hydrazine groups is 1. The topological polar surface area (TPSA) is 73.1 Å². The second-order valence-corrected chi connectivity index (χ2v) is 5.16. The van der Waals surface area contributed by atoms with Crippen molar-refractivity contribution in [2.45, 2.75) is 13.8 Å². The van der Waals surface area contributed by atoms with Gasteiger partial charge in [-0.2, -0.15) is 4.98 Å². The zero-order valence-electron chi connectivity index (χ0n) is 10.4. The van der Waals surface area contributed by atoms with E-state index in [9.17, 15) is 0 Å². The standard InChI is InChI=1S/C12H12BrClN4O/c1-6-3-8(4-7(2)10(6)13)19-11-9(14)5-16-12(17-11)18-15/h3-5H,15H2,1-2H3,(H,16,17,18). The maximum atomic E-state index is 5.99. The minimum atomic E-state index is 0.241. The van der Waals surface area contributed by atoms with Gasteiger partial charge in [0.05, 0.1) is 6.20 Å². The lowest BCUT2D eigenvalue weighted by atomic mass is 10.1. The molecule has 0 saturated carbocycles. The highest BCUT2D eigenvalue weighted by atomic mass is 79.9. The van der Waals surface area contributed by atoms with Crippen LogP contribution in [0, 0.1) is 13.8 Å². The molecule has 0 atom stereocenters. The molecule has 0 radical (unpaired) electrons. The van der Waals surface area contributed by atoms with Crippen LogP contribution in [-0.4, -0.2) is 9.97 Å². The molecule has 0 unspecified atom stereocenters. The van der Waals surface area contributed by atoms with Gasteiger partial charge in [0, 0.05) is 4.47 Å². The fourth-order valence-electron chi connectivity index (χ4n) is 1.57. The third kappa shape index (κ3) is 3.15. The van der Waals surface area contributed by atoms with Crippen LogP contribution in [0.1, 0.15) is 11.1 Å². The molecule has 100 valence electrons. The number of ether oxygens (including phenoxy) is 1. The number of nitrogens with zero attached hydrogens (tertiary/aromatic N) is 2. The molecule has 0 bridgehead atoms. The number of anilines is 1. The van der Waals surface area contributed by atoms with Crippen LogP contribution in [0.4, 0.5) is 5.95 Å². The summed E-state index contributed by atoms with van der Waals surface area (Å²) >= 11 is 9.49. The van der Waals surface area contributed by atoms with E-state index in [4.69, 9.17) is 22.2 Å². The first-order valence-electron chi connectivity index (χ1n) is 5.45. The average Bonchev–Trinajstić information content (AvgIpc) is 2.38. The number of aromatic nitrogens is 2. The van der Waals surface area contributed by atoms with Gasteiger partial charge in [0.2, 0.25) is 11.8 Å². The fourth-order valence-corrected chi connectivity index (χ4v) is 1.93. The van der Waals surface area contributed by atoms with Crippen molar-refractivity contribution in [1.29, 1.82) is 0 Å². The Morgan fingerprint density at radius 2 is 1.95 bits per heavy atom. The quantitative estimate of drug-likeness (QED) is 0.658.